The number of amides is 2. The summed E-state index contributed by atoms with van der Waals surface area (Å²) in [6.07, 6.45) is 1.08. The first-order valence-corrected chi connectivity index (χ1v) is 8.61. The Kier molecular flexibility index (Phi) is 4.80. The fourth-order valence-electron chi connectivity index (χ4n) is 3.00. The number of hydrogen-bond donors (Lipinski definition) is 1. The van der Waals surface area contributed by atoms with E-state index in [-0.39, 0.29) is 18.0 Å². The second-order valence-electron chi connectivity index (χ2n) is 5.90. The van der Waals surface area contributed by atoms with Gasteiger partial charge in [-0.25, -0.2) is 4.79 Å². The topological polar surface area (TPSA) is 71.8 Å². The van der Waals surface area contributed by atoms with Crippen molar-refractivity contribution in [1.29, 1.82) is 0 Å². The molecule has 128 valence electrons. The minimum atomic E-state index is -0.321. The Labute approximate surface area is 148 Å². The molecule has 0 unspecified atom stereocenters. The number of piperidine rings is 1. The Bertz CT molecular complexity index is 778. The first-order valence-electron chi connectivity index (χ1n) is 7.82. The fraction of sp³-hybridized carbons (Fsp3) is 0.412. The average Bonchev–Trinajstić information content (AvgIpc) is 2.91. The molecule has 2 aromatic rings. The highest BCUT2D eigenvalue weighted by molar-refractivity contribution is 9.10. The van der Waals surface area contributed by atoms with Crippen molar-refractivity contribution in [3.8, 4) is 0 Å². The molecule has 3 rings (SSSR count). The van der Waals surface area contributed by atoms with Crippen LogP contribution < -0.4 is 5.32 Å². The predicted molar refractivity (Wildman–Crippen MR) is 93.1 cm³/mol. The van der Waals surface area contributed by atoms with Gasteiger partial charge in [0.1, 0.15) is 5.58 Å². The zero-order chi connectivity index (χ0) is 17.3. The number of nitrogens with zero attached hydrogens (tertiary/aromatic N) is 1. The summed E-state index contributed by atoms with van der Waals surface area (Å²) in [5.41, 5.74) is 1.53. The quantitative estimate of drug-likeness (QED) is 0.846. The number of carbonyl (C=O) groups is 2. The molecule has 0 saturated carbocycles. The van der Waals surface area contributed by atoms with Gasteiger partial charge in [0.15, 0.2) is 5.76 Å². The van der Waals surface area contributed by atoms with Crippen LogP contribution >= 0.6 is 15.9 Å². The third-order valence-corrected chi connectivity index (χ3v) is 4.86. The van der Waals surface area contributed by atoms with E-state index < -0.39 is 0 Å². The van der Waals surface area contributed by atoms with Gasteiger partial charge in [0, 0.05) is 34.6 Å². The summed E-state index contributed by atoms with van der Waals surface area (Å²) in [6.45, 7) is 3.03. The van der Waals surface area contributed by atoms with Crippen LogP contribution in [0.2, 0.25) is 0 Å². The van der Waals surface area contributed by atoms with Gasteiger partial charge >= 0.3 is 6.09 Å². The Morgan fingerprint density at radius 1 is 1.33 bits per heavy atom. The smallest absolute Gasteiger partial charge is 0.409 e. The molecule has 6 nitrogen and oxygen atoms in total. The van der Waals surface area contributed by atoms with Crippen LogP contribution in [0.3, 0.4) is 0 Å². The number of hydrogen-bond acceptors (Lipinski definition) is 4. The van der Waals surface area contributed by atoms with Crippen molar-refractivity contribution in [2.45, 2.75) is 25.8 Å². The van der Waals surface area contributed by atoms with Crippen molar-refractivity contribution in [2.24, 2.45) is 0 Å². The number of ether oxygens (including phenoxy) is 1. The van der Waals surface area contributed by atoms with E-state index in [1.165, 1.54) is 7.11 Å². The maximum atomic E-state index is 12.5. The summed E-state index contributed by atoms with van der Waals surface area (Å²) in [5.74, 6) is 0.134. The summed E-state index contributed by atoms with van der Waals surface area (Å²) in [6, 6.07) is 5.70. The van der Waals surface area contributed by atoms with Gasteiger partial charge in [-0.2, -0.15) is 0 Å². The number of halogens is 1. The Hall–Kier alpha value is -2.02. The van der Waals surface area contributed by atoms with E-state index in [9.17, 15) is 9.59 Å². The summed E-state index contributed by atoms with van der Waals surface area (Å²) in [5, 5.41) is 3.93. The van der Waals surface area contributed by atoms with Gasteiger partial charge in [-0.05, 0) is 38.0 Å². The van der Waals surface area contributed by atoms with Crippen molar-refractivity contribution in [2.75, 3.05) is 20.2 Å². The summed E-state index contributed by atoms with van der Waals surface area (Å²) < 4.78 is 11.4. The number of benzene rings is 1. The molecule has 1 fully saturated rings. The molecule has 1 saturated heterocycles. The van der Waals surface area contributed by atoms with Crippen molar-refractivity contribution in [3.05, 3.63) is 34.0 Å². The lowest BCUT2D eigenvalue weighted by molar-refractivity contribution is 0.0868. The number of methoxy groups -OCH3 is 1. The lowest BCUT2D eigenvalue weighted by atomic mass is 10.0. The van der Waals surface area contributed by atoms with E-state index >= 15 is 0 Å². The molecular weight excluding hydrogens is 376 g/mol. The fourth-order valence-corrected chi connectivity index (χ4v) is 3.36. The van der Waals surface area contributed by atoms with Crippen LogP contribution in [-0.4, -0.2) is 43.1 Å². The summed E-state index contributed by atoms with van der Waals surface area (Å²) in [7, 11) is 1.37. The zero-order valence-corrected chi connectivity index (χ0v) is 15.2. The van der Waals surface area contributed by atoms with Gasteiger partial charge in [-0.1, -0.05) is 15.9 Å². The minimum Gasteiger partial charge on any atom is -0.453 e. The molecule has 1 N–H and O–H groups in total. The van der Waals surface area contributed by atoms with E-state index in [1.807, 2.05) is 25.1 Å². The molecule has 0 bridgehead atoms. The van der Waals surface area contributed by atoms with Crippen LogP contribution in [0.5, 0.6) is 0 Å². The zero-order valence-electron chi connectivity index (χ0n) is 13.6. The maximum Gasteiger partial charge on any atom is 0.409 e. The highest BCUT2D eigenvalue weighted by Gasteiger charge is 2.26. The first-order chi connectivity index (χ1) is 11.5. The lowest BCUT2D eigenvalue weighted by Crippen LogP contribution is -2.46. The molecule has 7 heteroatoms. The minimum absolute atomic E-state index is 0.0257. The third-order valence-electron chi connectivity index (χ3n) is 4.37. The largest absolute Gasteiger partial charge is 0.453 e. The monoisotopic (exact) mass is 394 g/mol. The van der Waals surface area contributed by atoms with Gasteiger partial charge in [0.05, 0.1) is 7.11 Å². The third kappa shape index (κ3) is 3.26. The number of furan rings is 1. The number of rotatable bonds is 2. The molecule has 24 heavy (non-hydrogen) atoms. The van der Waals surface area contributed by atoms with Crippen LogP contribution in [0, 0.1) is 6.92 Å². The SMILES string of the molecule is COC(=O)N1CCC(NC(=O)c2oc3ccc(Br)cc3c2C)CC1. The number of likely N-dealkylation sites (tertiary alicyclic amines) is 1. The van der Waals surface area contributed by atoms with Gasteiger partial charge in [-0.15, -0.1) is 0 Å². The first kappa shape index (κ1) is 16.8. The molecule has 1 aliphatic heterocycles. The second kappa shape index (κ2) is 6.84. The molecule has 1 aromatic carbocycles. The molecule has 0 aliphatic carbocycles. The standard InChI is InChI=1S/C17H19BrN2O4/c1-10-13-9-11(18)3-4-14(13)24-15(10)16(21)19-12-5-7-20(8-6-12)17(22)23-2/h3-4,9,12H,5-8H2,1-2H3,(H,19,21). The Morgan fingerprint density at radius 2 is 2.04 bits per heavy atom. The number of fused-ring (bicyclic) bond motifs is 1. The van der Waals surface area contributed by atoms with Crippen LogP contribution in [0.15, 0.2) is 27.1 Å². The van der Waals surface area contributed by atoms with Crippen molar-refractivity contribution in [3.63, 3.8) is 0 Å². The molecule has 0 atom stereocenters. The molecular formula is C17H19BrN2O4. The van der Waals surface area contributed by atoms with Gasteiger partial charge in [-0.3, -0.25) is 4.79 Å². The molecule has 1 aliphatic rings. The van der Waals surface area contributed by atoms with Crippen LogP contribution in [0.25, 0.3) is 11.0 Å². The van der Waals surface area contributed by atoms with E-state index in [2.05, 4.69) is 21.2 Å². The average molecular weight is 395 g/mol. The second-order valence-corrected chi connectivity index (χ2v) is 6.82. The number of aryl methyl sites for hydroxylation is 1. The summed E-state index contributed by atoms with van der Waals surface area (Å²) >= 11 is 3.43. The van der Waals surface area contributed by atoms with Gasteiger partial charge in [0.2, 0.25) is 0 Å². The van der Waals surface area contributed by atoms with Gasteiger partial charge < -0.3 is 19.4 Å². The van der Waals surface area contributed by atoms with Crippen LogP contribution in [-0.2, 0) is 4.74 Å². The normalized spacial score (nSPS) is 15.5. The van der Waals surface area contributed by atoms with E-state index in [4.69, 9.17) is 9.15 Å². The number of carbonyl (C=O) groups excluding carboxylic acids is 2. The molecule has 1 aromatic heterocycles. The van der Waals surface area contributed by atoms with E-state index in [0.29, 0.717) is 37.3 Å². The highest BCUT2D eigenvalue weighted by atomic mass is 79.9. The van der Waals surface area contributed by atoms with E-state index in [0.717, 1.165) is 15.4 Å². The molecule has 0 spiro atoms. The van der Waals surface area contributed by atoms with Crippen molar-refractivity contribution < 1.29 is 18.7 Å². The highest BCUT2D eigenvalue weighted by Crippen LogP contribution is 2.28. The maximum absolute atomic E-state index is 12.5. The number of nitrogens with one attached hydrogen (secondary N) is 1. The predicted octanol–water partition coefficient (Wildman–Crippen LogP) is 3.46. The van der Waals surface area contributed by atoms with Crippen molar-refractivity contribution >= 4 is 38.9 Å². The van der Waals surface area contributed by atoms with E-state index in [1.54, 1.807) is 4.90 Å². The Balaban J connectivity index is 1.68. The molecule has 0 radical (unpaired) electrons. The van der Waals surface area contributed by atoms with Gasteiger partial charge in [0.25, 0.3) is 5.91 Å². The molecule has 2 heterocycles. The summed E-state index contributed by atoms with van der Waals surface area (Å²) in [4.78, 5) is 25.7. The van der Waals surface area contributed by atoms with Crippen LogP contribution in [0.1, 0.15) is 29.0 Å². The molecule has 2 amide bonds. The lowest BCUT2D eigenvalue weighted by Gasteiger charge is -2.31. The Morgan fingerprint density at radius 3 is 2.71 bits per heavy atom. The van der Waals surface area contributed by atoms with Crippen molar-refractivity contribution in [1.82, 2.24) is 10.2 Å². The van der Waals surface area contributed by atoms with Crippen LogP contribution in [0.4, 0.5) is 4.79 Å².